The number of carbonyl (C=O) groups is 1. The van der Waals surface area contributed by atoms with Crippen molar-refractivity contribution in [3.05, 3.63) is 56.4 Å². The van der Waals surface area contributed by atoms with E-state index in [1.807, 2.05) is 26.0 Å². The van der Waals surface area contributed by atoms with Crippen molar-refractivity contribution < 1.29 is 9.53 Å². The quantitative estimate of drug-likeness (QED) is 0.443. The number of thiophene rings is 1. The number of carbonyl (C=O) groups excluding carboxylic acids is 1. The van der Waals surface area contributed by atoms with Crippen molar-refractivity contribution in [1.82, 2.24) is 9.97 Å². The summed E-state index contributed by atoms with van der Waals surface area (Å²) < 4.78 is 5.60. The number of unbranched alkanes of at least 4 members (excludes halogenated alkanes) is 1. The molecule has 0 fully saturated rings. The second kappa shape index (κ2) is 8.56. The highest BCUT2D eigenvalue weighted by Gasteiger charge is 2.20. The summed E-state index contributed by atoms with van der Waals surface area (Å²) in [4.78, 5) is 34.2. The zero-order valence-corrected chi connectivity index (χ0v) is 17.4. The van der Waals surface area contributed by atoms with Gasteiger partial charge in [-0.3, -0.25) is 4.79 Å². The van der Waals surface area contributed by atoms with Crippen molar-refractivity contribution in [3.63, 3.8) is 0 Å². The van der Waals surface area contributed by atoms with Gasteiger partial charge in [-0.05, 0) is 44.9 Å². The molecule has 6 nitrogen and oxygen atoms in total. The second-order valence-corrected chi connectivity index (χ2v) is 7.99. The molecule has 0 unspecified atom stereocenters. The number of nitrogens with zero attached hydrogens (tertiary/aromatic N) is 1. The normalized spacial score (nSPS) is 12.1. The summed E-state index contributed by atoms with van der Waals surface area (Å²) in [5.74, 6) is -0.100. The minimum atomic E-state index is -0.670. The average Bonchev–Trinajstić information content (AvgIpc) is 2.96. The molecule has 0 saturated heterocycles. The number of hydrogen-bond donors (Lipinski definition) is 2. The van der Waals surface area contributed by atoms with E-state index in [0.717, 1.165) is 35.5 Å². The molecule has 0 spiro atoms. The molecule has 1 aromatic carbocycles. The Labute approximate surface area is 168 Å². The van der Waals surface area contributed by atoms with Crippen LogP contribution < -0.4 is 10.9 Å². The topological polar surface area (TPSA) is 84.1 Å². The monoisotopic (exact) mass is 399 g/mol. The first-order valence-corrected chi connectivity index (χ1v) is 10.3. The van der Waals surface area contributed by atoms with Gasteiger partial charge in [-0.1, -0.05) is 25.5 Å². The number of para-hydroxylation sites is 1. The fraction of sp³-hybridized carbons (Fsp3) is 0.381. The van der Waals surface area contributed by atoms with Crippen LogP contribution in [0.1, 0.15) is 59.4 Å². The summed E-state index contributed by atoms with van der Waals surface area (Å²) in [5, 5.41) is 3.88. The number of nitrogens with one attached hydrogen (secondary N) is 2. The summed E-state index contributed by atoms with van der Waals surface area (Å²) in [7, 11) is 0. The predicted octanol–water partition coefficient (Wildman–Crippen LogP) is 4.73. The third-order valence-corrected chi connectivity index (χ3v) is 5.82. The number of aryl methyl sites for hydroxylation is 2. The van der Waals surface area contributed by atoms with E-state index in [2.05, 4.69) is 22.2 Å². The lowest BCUT2D eigenvalue weighted by molar-refractivity contribution is 0.0321. The van der Waals surface area contributed by atoms with Gasteiger partial charge in [-0.25, -0.2) is 9.78 Å². The number of fused-ring (bicyclic) bond motifs is 1. The predicted molar refractivity (Wildman–Crippen MR) is 113 cm³/mol. The van der Waals surface area contributed by atoms with Crippen LogP contribution in [-0.2, 0) is 4.74 Å². The van der Waals surface area contributed by atoms with Crippen LogP contribution in [0.2, 0.25) is 0 Å². The molecule has 2 aromatic heterocycles. The summed E-state index contributed by atoms with van der Waals surface area (Å²) in [6, 6.07) is 7.27. The highest BCUT2D eigenvalue weighted by Crippen LogP contribution is 2.27. The van der Waals surface area contributed by atoms with Crippen molar-refractivity contribution >= 4 is 33.2 Å². The van der Waals surface area contributed by atoms with Gasteiger partial charge in [0, 0.05) is 17.1 Å². The molecule has 0 aliphatic carbocycles. The minimum Gasteiger partial charge on any atom is -0.451 e. The van der Waals surface area contributed by atoms with Crippen LogP contribution in [0.5, 0.6) is 0 Å². The first-order valence-electron chi connectivity index (χ1n) is 9.46. The molecule has 3 rings (SSSR count). The number of hydrogen-bond acceptors (Lipinski definition) is 6. The Morgan fingerprint density at radius 2 is 2.07 bits per heavy atom. The molecule has 0 radical (unpaired) electrons. The van der Waals surface area contributed by atoms with E-state index in [1.165, 1.54) is 11.3 Å². The molecule has 0 aliphatic rings. The number of ether oxygens (including phenoxy) is 1. The van der Waals surface area contributed by atoms with Crippen molar-refractivity contribution in [2.24, 2.45) is 0 Å². The van der Waals surface area contributed by atoms with Crippen LogP contribution in [0.3, 0.4) is 0 Å². The van der Waals surface area contributed by atoms with E-state index in [-0.39, 0.29) is 5.56 Å². The maximum Gasteiger partial charge on any atom is 0.340 e. The molecule has 3 aromatic rings. The maximum absolute atomic E-state index is 12.7. The summed E-state index contributed by atoms with van der Waals surface area (Å²) in [5.41, 5.74) is 1.95. The van der Waals surface area contributed by atoms with E-state index in [4.69, 9.17) is 4.74 Å². The van der Waals surface area contributed by atoms with E-state index in [1.54, 1.807) is 19.1 Å². The fourth-order valence-corrected chi connectivity index (χ4v) is 4.00. The second-order valence-electron chi connectivity index (χ2n) is 6.79. The number of aromatic nitrogens is 2. The molecule has 0 bridgehead atoms. The number of aromatic amines is 1. The molecule has 0 aliphatic heterocycles. The fourth-order valence-electron chi connectivity index (χ4n) is 2.96. The Morgan fingerprint density at radius 3 is 2.82 bits per heavy atom. The van der Waals surface area contributed by atoms with Gasteiger partial charge in [-0.15, -0.1) is 11.3 Å². The van der Waals surface area contributed by atoms with Crippen molar-refractivity contribution in [3.8, 4) is 0 Å². The van der Waals surface area contributed by atoms with Gasteiger partial charge < -0.3 is 15.0 Å². The van der Waals surface area contributed by atoms with E-state index >= 15 is 0 Å². The van der Waals surface area contributed by atoms with Gasteiger partial charge in [0.25, 0.3) is 5.56 Å². The lowest BCUT2D eigenvalue weighted by Gasteiger charge is -2.15. The minimum absolute atomic E-state index is 0.202. The van der Waals surface area contributed by atoms with E-state index in [0.29, 0.717) is 21.6 Å². The zero-order chi connectivity index (χ0) is 20.3. The number of rotatable bonds is 7. The SMILES string of the molecule is CCCCNc1ccccc1C(=O)O[C@H](C)c1nc2sc(C)c(C)c2c(=O)[nH]1. The standard InChI is InChI=1S/C21H25N3O3S/c1-5-6-11-22-16-10-8-7-9-15(16)21(26)27-13(3)18-23-19(25)17-12(2)14(4)28-20(17)24-18/h7-10,13,22H,5-6,11H2,1-4H3,(H,23,24,25)/t13-/m1/s1. The van der Waals surface area contributed by atoms with E-state index < -0.39 is 12.1 Å². The average molecular weight is 400 g/mol. The molecule has 2 heterocycles. The van der Waals surface area contributed by atoms with Gasteiger partial charge in [0.1, 0.15) is 4.83 Å². The summed E-state index contributed by atoms with van der Waals surface area (Å²) in [6.45, 7) is 8.50. The van der Waals surface area contributed by atoms with Crippen LogP contribution in [0, 0.1) is 13.8 Å². The van der Waals surface area contributed by atoms with Gasteiger partial charge in [0.05, 0.1) is 10.9 Å². The molecule has 28 heavy (non-hydrogen) atoms. The highest BCUT2D eigenvalue weighted by molar-refractivity contribution is 7.18. The van der Waals surface area contributed by atoms with Crippen molar-refractivity contribution in [2.75, 3.05) is 11.9 Å². The van der Waals surface area contributed by atoms with Crippen LogP contribution in [0.25, 0.3) is 10.2 Å². The highest BCUT2D eigenvalue weighted by atomic mass is 32.1. The number of benzene rings is 1. The Morgan fingerprint density at radius 1 is 1.32 bits per heavy atom. The first kappa shape index (κ1) is 20.1. The van der Waals surface area contributed by atoms with Crippen LogP contribution in [-0.4, -0.2) is 22.5 Å². The zero-order valence-electron chi connectivity index (χ0n) is 16.6. The Kier molecular flexibility index (Phi) is 6.14. The van der Waals surface area contributed by atoms with Gasteiger partial charge in [-0.2, -0.15) is 0 Å². The van der Waals surface area contributed by atoms with E-state index in [9.17, 15) is 9.59 Å². The smallest absolute Gasteiger partial charge is 0.340 e. The molecule has 1 atom stereocenters. The summed E-state index contributed by atoms with van der Waals surface area (Å²) in [6.07, 6.45) is 1.42. The molecule has 7 heteroatoms. The number of anilines is 1. The largest absolute Gasteiger partial charge is 0.451 e. The van der Waals surface area contributed by atoms with Crippen molar-refractivity contribution in [1.29, 1.82) is 0 Å². The lowest BCUT2D eigenvalue weighted by Crippen LogP contribution is -2.18. The Hall–Kier alpha value is -2.67. The molecule has 2 N–H and O–H groups in total. The van der Waals surface area contributed by atoms with Crippen LogP contribution >= 0.6 is 11.3 Å². The molecule has 0 amide bonds. The number of esters is 1. The van der Waals surface area contributed by atoms with Crippen molar-refractivity contribution in [2.45, 2.75) is 46.6 Å². The van der Waals surface area contributed by atoms with Crippen LogP contribution in [0.4, 0.5) is 5.69 Å². The number of H-pyrrole nitrogens is 1. The maximum atomic E-state index is 12.7. The first-order chi connectivity index (χ1) is 13.4. The van der Waals surface area contributed by atoms with Gasteiger partial charge >= 0.3 is 5.97 Å². The van der Waals surface area contributed by atoms with Gasteiger partial charge in [0.15, 0.2) is 11.9 Å². The Bertz CT molecular complexity index is 1050. The lowest BCUT2D eigenvalue weighted by atomic mass is 10.1. The molecule has 148 valence electrons. The molecular weight excluding hydrogens is 374 g/mol. The van der Waals surface area contributed by atoms with Crippen LogP contribution in [0.15, 0.2) is 29.1 Å². The Balaban J connectivity index is 1.82. The van der Waals surface area contributed by atoms with Gasteiger partial charge in [0.2, 0.25) is 0 Å². The third kappa shape index (κ3) is 4.09. The summed E-state index contributed by atoms with van der Waals surface area (Å²) >= 11 is 1.47. The molecular formula is C21H25N3O3S. The molecule has 0 saturated carbocycles. The third-order valence-electron chi connectivity index (χ3n) is 4.72.